The molecule has 0 saturated carbocycles. The second-order valence-corrected chi connectivity index (χ2v) is 6.80. The maximum absolute atomic E-state index is 12.2. The van der Waals surface area contributed by atoms with Crippen LogP contribution in [-0.2, 0) is 6.42 Å². The highest BCUT2D eigenvalue weighted by atomic mass is 79.9. The van der Waals surface area contributed by atoms with Crippen LogP contribution in [0.15, 0.2) is 37.9 Å². The van der Waals surface area contributed by atoms with Crippen molar-refractivity contribution in [2.75, 3.05) is 5.32 Å². The third-order valence-electron chi connectivity index (χ3n) is 3.06. The molecule has 0 radical (unpaired) electrons. The van der Waals surface area contributed by atoms with E-state index in [1.165, 1.54) is 17.4 Å². The summed E-state index contributed by atoms with van der Waals surface area (Å²) in [5, 5.41) is 12.2. The second kappa shape index (κ2) is 6.59. The van der Waals surface area contributed by atoms with Crippen LogP contribution >= 0.6 is 27.3 Å². The lowest BCUT2D eigenvalue weighted by atomic mass is 10.2. The standard InChI is InChI=1S/C15H12BrN3O3S/c1-2-3-13-18-19-15(23-13)17-14(21)12-7-10(20)9-6-8(16)4-5-11(9)22-12/h4-7H,2-3H2,1H3,(H,17,19,21). The van der Waals surface area contributed by atoms with Crippen molar-refractivity contribution in [1.29, 1.82) is 0 Å². The molecular formula is C15H12BrN3O3S. The molecule has 0 fully saturated rings. The first-order chi connectivity index (χ1) is 11.1. The van der Waals surface area contributed by atoms with Gasteiger partial charge in [-0.3, -0.25) is 14.9 Å². The smallest absolute Gasteiger partial charge is 0.293 e. The lowest BCUT2D eigenvalue weighted by Gasteiger charge is -2.02. The van der Waals surface area contributed by atoms with E-state index in [4.69, 9.17) is 4.42 Å². The van der Waals surface area contributed by atoms with Gasteiger partial charge in [0.1, 0.15) is 10.6 Å². The molecule has 118 valence electrons. The molecule has 0 aliphatic rings. The molecule has 2 aromatic heterocycles. The average Bonchev–Trinajstić information content (AvgIpc) is 2.95. The number of aryl methyl sites for hydroxylation is 1. The van der Waals surface area contributed by atoms with E-state index in [-0.39, 0.29) is 11.2 Å². The molecule has 1 aromatic carbocycles. The minimum atomic E-state index is -0.522. The topological polar surface area (TPSA) is 85.1 Å². The van der Waals surface area contributed by atoms with Crippen molar-refractivity contribution in [3.05, 3.63) is 49.7 Å². The van der Waals surface area contributed by atoms with Gasteiger partial charge in [-0.1, -0.05) is 34.2 Å². The highest BCUT2D eigenvalue weighted by molar-refractivity contribution is 9.10. The molecular weight excluding hydrogens is 382 g/mol. The van der Waals surface area contributed by atoms with Gasteiger partial charge in [-0.2, -0.15) is 0 Å². The largest absolute Gasteiger partial charge is 0.451 e. The first kappa shape index (κ1) is 15.8. The van der Waals surface area contributed by atoms with Gasteiger partial charge in [0.05, 0.1) is 5.39 Å². The van der Waals surface area contributed by atoms with Crippen LogP contribution in [0.25, 0.3) is 11.0 Å². The number of anilines is 1. The number of halogens is 1. The fraction of sp³-hybridized carbons (Fsp3) is 0.200. The SMILES string of the molecule is CCCc1nnc(NC(=O)c2cc(=O)c3cc(Br)ccc3o2)s1. The fourth-order valence-electron chi connectivity index (χ4n) is 2.02. The van der Waals surface area contributed by atoms with Gasteiger partial charge >= 0.3 is 0 Å². The van der Waals surface area contributed by atoms with Crippen LogP contribution in [0.2, 0.25) is 0 Å². The Hall–Kier alpha value is -2.06. The molecule has 3 rings (SSSR count). The van der Waals surface area contributed by atoms with Crippen molar-refractivity contribution in [2.45, 2.75) is 19.8 Å². The number of fused-ring (bicyclic) bond motifs is 1. The van der Waals surface area contributed by atoms with Gasteiger partial charge in [0.2, 0.25) is 5.13 Å². The van der Waals surface area contributed by atoms with Crippen LogP contribution in [0, 0.1) is 0 Å². The van der Waals surface area contributed by atoms with Crippen molar-refractivity contribution >= 4 is 49.3 Å². The Morgan fingerprint density at radius 1 is 1.35 bits per heavy atom. The molecule has 0 saturated heterocycles. The van der Waals surface area contributed by atoms with Crippen molar-refractivity contribution in [1.82, 2.24) is 10.2 Å². The van der Waals surface area contributed by atoms with Crippen molar-refractivity contribution in [3.63, 3.8) is 0 Å². The summed E-state index contributed by atoms with van der Waals surface area (Å²) in [6.07, 6.45) is 1.77. The fourth-order valence-corrected chi connectivity index (χ4v) is 3.22. The molecule has 23 heavy (non-hydrogen) atoms. The molecule has 3 aromatic rings. The van der Waals surface area contributed by atoms with E-state index in [0.717, 1.165) is 22.3 Å². The normalized spacial score (nSPS) is 10.9. The summed E-state index contributed by atoms with van der Waals surface area (Å²) in [4.78, 5) is 24.3. The lowest BCUT2D eigenvalue weighted by molar-refractivity contribution is 0.0997. The number of amides is 1. The van der Waals surface area contributed by atoms with E-state index < -0.39 is 5.91 Å². The van der Waals surface area contributed by atoms with Gasteiger partial charge in [-0.15, -0.1) is 10.2 Å². The predicted molar refractivity (Wildman–Crippen MR) is 92.0 cm³/mol. The predicted octanol–water partition coefficient (Wildman–Crippen LogP) is 3.61. The van der Waals surface area contributed by atoms with Crippen LogP contribution < -0.4 is 10.7 Å². The Morgan fingerprint density at radius 3 is 2.96 bits per heavy atom. The molecule has 6 nitrogen and oxygen atoms in total. The van der Waals surface area contributed by atoms with Gasteiger partial charge in [-0.05, 0) is 24.6 Å². The number of hydrogen-bond acceptors (Lipinski definition) is 6. The van der Waals surface area contributed by atoms with Gasteiger partial charge in [0.15, 0.2) is 11.2 Å². The third kappa shape index (κ3) is 3.48. The molecule has 0 bridgehead atoms. The molecule has 0 aliphatic heterocycles. The minimum Gasteiger partial charge on any atom is -0.451 e. The molecule has 0 aliphatic carbocycles. The molecule has 0 atom stereocenters. The van der Waals surface area contributed by atoms with Gasteiger partial charge in [0.25, 0.3) is 5.91 Å². The summed E-state index contributed by atoms with van der Waals surface area (Å²) in [6.45, 7) is 2.04. The quantitative estimate of drug-likeness (QED) is 0.731. The summed E-state index contributed by atoms with van der Waals surface area (Å²) in [7, 11) is 0. The number of carbonyl (C=O) groups excluding carboxylic acids is 1. The van der Waals surface area contributed by atoms with E-state index in [2.05, 4.69) is 31.4 Å². The monoisotopic (exact) mass is 393 g/mol. The number of aromatic nitrogens is 2. The van der Waals surface area contributed by atoms with Crippen molar-refractivity contribution in [2.24, 2.45) is 0 Å². The summed E-state index contributed by atoms with van der Waals surface area (Å²) in [5.41, 5.74) is 0.0800. The van der Waals surface area contributed by atoms with Crippen LogP contribution in [0.1, 0.15) is 28.9 Å². The summed E-state index contributed by atoms with van der Waals surface area (Å²) >= 11 is 4.61. The third-order valence-corrected chi connectivity index (χ3v) is 4.46. The van der Waals surface area contributed by atoms with E-state index >= 15 is 0 Å². The Kier molecular flexibility index (Phi) is 4.53. The van der Waals surface area contributed by atoms with E-state index in [0.29, 0.717) is 16.1 Å². The maximum atomic E-state index is 12.2. The number of carbonyl (C=O) groups is 1. The lowest BCUT2D eigenvalue weighted by Crippen LogP contribution is -2.14. The average molecular weight is 394 g/mol. The zero-order chi connectivity index (χ0) is 16.4. The molecule has 2 heterocycles. The molecule has 8 heteroatoms. The maximum Gasteiger partial charge on any atom is 0.293 e. The van der Waals surface area contributed by atoms with Crippen LogP contribution in [0.4, 0.5) is 5.13 Å². The van der Waals surface area contributed by atoms with Crippen molar-refractivity contribution in [3.8, 4) is 0 Å². The molecule has 0 unspecified atom stereocenters. The summed E-state index contributed by atoms with van der Waals surface area (Å²) in [5.74, 6) is -0.580. The summed E-state index contributed by atoms with van der Waals surface area (Å²) < 4.78 is 6.28. The van der Waals surface area contributed by atoms with Gasteiger partial charge in [0, 0.05) is 17.0 Å². The molecule has 0 spiro atoms. The highest BCUT2D eigenvalue weighted by Gasteiger charge is 2.15. The number of nitrogens with one attached hydrogen (secondary N) is 1. The van der Waals surface area contributed by atoms with E-state index in [9.17, 15) is 9.59 Å². The molecule has 1 amide bonds. The zero-order valence-corrected chi connectivity index (χ0v) is 14.5. The Labute approximate surface area is 143 Å². The minimum absolute atomic E-state index is 0.0583. The number of nitrogens with zero attached hydrogens (tertiary/aromatic N) is 2. The number of rotatable bonds is 4. The Balaban J connectivity index is 1.88. The van der Waals surface area contributed by atoms with Gasteiger partial charge < -0.3 is 4.42 Å². The van der Waals surface area contributed by atoms with Crippen LogP contribution in [0.3, 0.4) is 0 Å². The van der Waals surface area contributed by atoms with E-state index in [1.54, 1.807) is 18.2 Å². The summed E-state index contributed by atoms with van der Waals surface area (Å²) in [6, 6.07) is 6.22. The first-order valence-corrected chi connectivity index (χ1v) is 8.55. The van der Waals surface area contributed by atoms with Crippen molar-refractivity contribution < 1.29 is 9.21 Å². The number of benzene rings is 1. The van der Waals surface area contributed by atoms with Crippen LogP contribution in [0.5, 0.6) is 0 Å². The Bertz CT molecular complexity index is 935. The van der Waals surface area contributed by atoms with Gasteiger partial charge in [-0.25, -0.2) is 0 Å². The Morgan fingerprint density at radius 2 is 2.17 bits per heavy atom. The zero-order valence-electron chi connectivity index (χ0n) is 12.1. The van der Waals surface area contributed by atoms with Crippen LogP contribution in [-0.4, -0.2) is 16.1 Å². The van der Waals surface area contributed by atoms with E-state index in [1.807, 2.05) is 6.92 Å². The highest BCUT2D eigenvalue weighted by Crippen LogP contribution is 2.20. The first-order valence-electron chi connectivity index (χ1n) is 6.94. The number of hydrogen-bond donors (Lipinski definition) is 1. The molecule has 1 N–H and O–H groups in total. The second-order valence-electron chi connectivity index (χ2n) is 4.82.